The van der Waals surface area contributed by atoms with E-state index in [4.69, 9.17) is 15.9 Å². The van der Waals surface area contributed by atoms with Crippen molar-refractivity contribution in [1.82, 2.24) is 10.6 Å². The first-order valence-electron chi connectivity index (χ1n) is 7.90. The van der Waals surface area contributed by atoms with E-state index in [1.807, 2.05) is 0 Å². The van der Waals surface area contributed by atoms with E-state index in [1.54, 1.807) is 12.1 Å². The van der Waals surface area contributed by atoms with E-state index in [0.29, 0.717) is 12.2 Å². The third kappa shape index (κ3) is 7.99. The molecule has 1 rings (SSSR count). The Bertz CT molecular complexity index is 665. The van der Waals surface area contributed by atoms with Crippen molar-refractivity contribution in [3.05, 3.63) is 30.2 Å². The Morgan fingerprint density at radius 2 is 2.08 bits per heavy atom. The van der Waals surface area contributed by atoms with Crippen LogP contribution in [0.3, 0.4) is 0 Å². The van der Waals surface area contributed by atoms with Gasteiger partial charge in [0, 0.05) is 12.6 Å². The van der Waals surface area contributed by atoms with Crippen LogP contribution in [-0.4, -0.2) is 47.5 Å². The lowest BCUT2D eigenvalue weighted by molar-refractivity contribution is -0.142. The fraction of sp³-hybridized carbons (Fsp3) is 0.375. The van der Waals surface area contributed by atoms with E-state index >= 15 is 0 Å². The fourth-order valence-corrected chi connectivity index (χ4v) is 1.93. The van der Waals surface area contributed by atoms with Gasteiger partial charge in [-0.2, -0.15) is 0 Å². The first-order valence-corrected chi connectivity index (χ1v) is 7.90. The highest BCUT2D eigenvalue weighted by molar-refractivity contribution is 5.95. The van der Waals surface area contributed by atoms with Crippen LogP contribution in [0.4, 0.5) is 0 Å². The highest BCUT2D eigenvalue weighted by Crippen LogP contribution is 2.02. The molecule has 1 heterocycles. The number of nitrogens with one attached hydrogen (secondary N) is 2. The lowest BCUT2D eigenvalue weighted by Crippen LogP contribution is -2.50. The number of carbonyl (C=O) groups excluding carboxylic acids is 2. The van der Waals surface area contributed by atoms with Crippen molar-refractivity contribution >= 4 is 29.8 Å². The molecule has 2 amide bonds. The summed E-state index contributed by atoms with van der Waals surface area (Å²) in [5, 5.41) is 14.0. The van der Waals surface area contributed by atoms with Crippen LogP contribution >= 0.6 is 0 Å². The minimum Gasteiger partial charge on any atom is -0.480 e. The lowest BCUT2D eigenvalue weighted by atomic mass is 10.1. The van der Waals surface area contributed by atoms with Gasteiger partial charge in [-0.1, -0.05) is 0 Å². The monoisotopic (exact) mass is 365 g/mol. The van der Waals surface area contributed by atoms with Gasteiger partial charge in [-0.25, -0.2) is 4.79 Å². The number of carboxylic acids is 1. The summed E-state index contributed by atoms with van der Waals surface area (Å²) in [5.74, 6) is -1.90. The van der Waals surface area contributed by atoms with E-state index in [-0.39, 0.29) is 18.9 Å². The second kappa shape index (κ2) is 10.5. The summed E-state index contributed by atoms with van der Waals surface area (Å²) in [6.07, 6.45) is 4.65. The molecular weight excluding hydrogens is 342 g/mol. The maximum absolute atomic E-state index is 12.1. The summed E-state index contributed by atoms with van der Waals surface area (Å²) < 4.78 is 5.04. The summed E-state index contributed by atoms with van der Waals surface area (Å²) in [4.78, 5) is 38.8. The molecular formula is C16H23N5O5. The van der Waals surface area contributed by atoms with Crippen LogP contribution in [0.5, 0.6) is 0 Å². The molecule has 26 heavy (non-hydrogen) atoms. The highest BCUT2D eigenvalue weighted by atomic mass is 16.4. The number of aliphatic imine (C=N–C) groups is 1. The molecule has 2 atom stereocenters. The van der Waals surface area contributed by atoms with Gasteiger partial charge in [0.05, 0.1) is 6.26 Å². The number of furan rings is 1. The first-order chi connectivity index (χ1) is 12.3. The molecule has 1 aromatic heterocycles. The van der Waals surface area contributed by atoms with Crippen molar-refractivity contribution in [3.8, 4) is 0 Å². The summed E-state index contributed by atoms with van der Waals surface area (Å²) >= 11 is 0. The molecule has 10 heteroatoms. The van der Waals surface area contributed by atoms with Crippen LogP contribution in [0, 0.1) is 0 Å². The Morgan fingerprint density at radius 3 is 2.65 bits per heavy atom. The van der Waals surface area contributed by atoms with E-state index in [0.717, 1.165) is 0 Å². The van der Waals surface area contributed by atoms with Gasteiger partial charge in [-0.3, -0.25) is 14.6 Å². The minimum absolute atomic E-state index is 0.0835. The van der Waals surface area contributed by atoms with E-state index in [9.17, 15) is 19.5 Å². The summed E-state index contributed by atoms with van der Waals surface area (Å²) in [6, 6.07) is 1.32. The fourth-order valence-electron chi connectivity index (χ4n) is 1.93. The predicted molar refractivity (Wildman–Crippen MR) is 94.8 cm³/mol. The number of aliphatic carboxylic acids is 1. The second-order valence-corrected chi connectivity index (χ2v) is 5.43. The van der Waals surface area contributed by atoms with E-state index in [1.165, 1.54) is 25.3 Å². The van der Waals surface area contributed by atoms with Crippen molar-refractivity contribution in [2.45, 2.75) is 31.8 Å². The van der Waals surface area contributed by atoms with Gasteiger partial charge in [-0.15, -0.1) is 0 Å². The van der Waals surface area contributed by atoms with Gasteiger partial charge in [0.25, 0.3) is 0 Å². The maximum atomic E-state index is 12.1. The molecule has 142 valence electrons. The summed E-state index contributed by atoms with van der Waals surface area (Å²) in [6.45, 7) is 1.71. The first kappa shape index (κ1) is 20.7. The molecule has 0 aliphatic carbocycles. The summed E-state index contributed by atoms with van der Waals surface area (Å²) in [7, 11) is 0. The quantitative estimate of drug-likeness (QED) is 0.160. The Balaban J connectivity index is 2.47. The van der Waals surface area contributed by atoms with Crippen LogP contribution in [0.1, 0.15) is 25.5 Å². The average molecular weight is 365 g/mol. The topological polar surface area (TPSA) is 173 Å². The number of nitrogens with zero attached hydrogens (tertiary/aromatic N) is 1. The second-order valence-electron chi connectivity index (χ2n) is 5.43. The Kier molecular flexibility index (Phi) is 8.41. The summed E-state index contributed by atoms with van der Waals surface area (Å²) in [5.41, 5.74) is 10.4. The number of guanidine groups is 1. The van der Waals surface area contributed by atoms with Crippen molar-refractivity contribution in [2.24, 2.45) is 16.5 Å². The zero-order chi connectivity index (χ0) is 19.5. The van der Waals surface area contributed by atoms with Gasteiger partial charge < -0.3 is 31.6 Å². The number of carboxylic acid groups (broad SMARTS) is 1. The van der Waals surface area contributed by atoms with E-state index in [2.05, 4.69) is 15.6 Å². The van der Waals surface area contributed by atoms with Gasteiger partial charge in [0.2, 0.25) is 11.8 Å². The minimum atomic E-state index is -1.18. The maximum Gasteiger partial charge on any atom is 0.326 e. The zero-order valence-electron chi connectivity index (χ0n) is 14.3. The smallest absolute Gasteiger partial charge is 0.326 e. The molecule has 0 spiro atoms. The Morgan fingerprint density at radius 1 is 1.35 bits per heavy atom. The molecule has 0 unspecified atom stereocenters. The number of carbonyl (C=O) groups is 3. The number of rotatable bonds is 10. The SMILES string of the molecule is C[C@@H](NC(=O)/C=C/c1ccco1)C(=O)N[C@H](CCCN=C(N)N)C(=O)O. The van der Waals surface area contributed by atoms with Crippen LogP contribution < -0.4 is 22.1 Å². The molecule has 10 nitrogen and oxygen atoms in total. The molecule has 0 saturated heterocycles. The molecule has 0 bridgehead atoms. The number of nitrogens with two attached hydrogens (primary N) is 2. The third-order valence-electron chi connectivity index (χ3n) is 3.25. The van der Waals surface area contributed by atoms with Crippen LogP contribution in [-0.2, 0) is 14.4 Å². The molecule has 0 fully saturated rings. The molecule has 0 saturated carbocycles. The molecule has 1 aromatic rings. The number of amides is 2. The molecule has 0 aromatic carbocycles. The zero-order valence-corrected chi connectivity index (χ0v) is 14.3. The van der Waals surface area contributed by atoms with Crippen molar-refractivity contribution < 1.29 is 23.9 Å². The molecule has 7 N–H and O–H groups in total. The predicted octanol–water partition coefficient (Wildman–Crippen LogP) is -0.579. The van der Waals surface area contributed by atoms with Gasteiger partial charge in [-0.05, 0) is 38.0 Å². The average Bonchev–Trinajstić information content (AvgIpc) is 3.08. The van der Waals surface area contributed by atoms with Crippen LogP contribution in [0.25, 0.3) is 6.08 Å². The van der Waals surface area contributed by atoms with Crippen molar-refractivity contribution in [3.63, 3.8) is 0 Å². The van der Waals surface area contributed by atoms with Gasteiger partial charge >= 0.3 is 5.97 Å². The van der Waals surface area contributed by atoms with Gasteiger partial charge in [0.15, 0.2) is 5.96 Å². The number of hydrogen-bond donors (Lipinski definition) is 5. The highest BCUT2D eigenvalue weighted by Gasteiger charge is 2.23. The van der Waals surface area contributed by atoms with Crippen LogP contribution in [0.2, 0.25) is 0 Å². The molecule has 0 aliphatic rings. The molecule has 0 radical (unpaired) electrons. The van der Waals surface area contributed by atoms with Crippen LogP contribution in [0.15, 0.2) is 33.9 Å². The normalized spacial score (nSPS) is 13.0. The molecule has 0 aliphatic heterocycles. The largest absolute Gasteiger partial charge is 0.480 e. The lowest BCUT2D eigenvalue weighted by Gasteiger charge is -2.18. The Labute approximate surface area is 150 Å². The van der Waals surface area contributed by atoms with Crippen molar-refractivity contribution in [1.29, 1.82) is 0 Å². The standard InChI is InChI=1S/C16H23N5O5/c1-10(20-13(22)7-6-11-4-3-9-26-11)14(23)21-12(15(24)25)5-2-8-19-16(17)18/h3-4,6-7,9-10,12H,2,5,8H2,1H3,(H,20,22)(H,21,23)(H,24,25)(H4,17,18,19)/b7-6+/t10-,12-/m1/s1. The van der Waals surface area contributed by atoms with Gasteiger partial charge in [0.1, 0.15) is 17.8 Å². The van der Waals surface area contributed by atoms with Crippen molar-refractivity contribution in [2.75, 3.05) is 6.54 Å². The Hall–Kier alpha value is -3.30. The number of hydrogen-bond acceptors (Lipinski definition) is 5. The van der Waals surface area contributed by atoms with E-state index < -0.39 is 29.9 Å². The third-order valence-corrected chi connectivity index (χ3v) is 3.25.